The highest BCUT2D eigenvalue weighted by Crippen LogP contribution is 2.20. The lowest BCUT2D eigenvalue weighted by Gasteiger charge is -2.10. The van der Waals surface area contributed by atoms with Gasteiger partial charge in [-0.2, -0.15) is 0 Å². The third kappa shape index (κ3) is 6.47. The Labute approximate surface area is 158 Å². The van der Waals surface area contributed by atoms with Gasteiger partial charge in [0.1, 0.15) is 24.7 Å². The van der Waals surface area contributed by atoms with Crippen molar-refractivity contribution in [3.8, 4) is 11.5 Å². The van der Waals surface area contributed by atoms with Gasteiger partial charge in [0.05, 0.1) is 12.0 Å². The van der Waals surface area contributed by atoms with Gasteiger partial charge in [-0.25, -0.2) is 4.79 Å². The second-order valence-electron chi connectivity index (χ2n) is 5.59. The molecule has 0 saturated heterocycles. The number of esters is 2. The predicted octanol–water partition coefficient (Wildman–Crippen LogP) is 4.13. The van der Waals surface area contributed by atoms with E-state index in [1.54, 1.807) is 30.3 Å². The molecule has 0 aliphatic rings. The second-order valence-corrected chi connectivity index (χ2v) is 5.59. The highest BCUT2D eigenvalue weighted by atomic mass is 16.5. The Balaban J connectivity index is 1.88. The van der Waals surface area contributed by atoms with Gasteiger partial charge in [0.2, 0.25) is 0 Å². The molecule has 0 amide bonds. The summed E-state index contributed by atoms with van der Waals surface area (Å²) >= 11 is 0. The average Bonchev–Trinajstić information content (AvgIpc) is 2.70. The summed E-state index contributed by atoms with van der Waals surface area (Å²) in [6.45, 7) is 7.66. The molecule has 0 spiro atoms. The molecule has 0 N–H and O–H groups in total. The largest absolute Gasteiger partial charge is 0.489 e. The van der Waals surface area contributed by atoms with Gasteiger partial charge in [0.25, 0.3) is 0 Å². The molecule has 0 fully saturated rings. The zero-order chi connectivity index (χ0) is 19.5. The fraction of sp³-hybridized carbons (Fsp3) is 0.182. The minimum absolute atomic E-state index is 0.146. The molecule has 2 aromatic rings. The van der Waals surface area contributed by atoms with Gasteiger partial charge >= 0.3 is 11.9 Å². The molecule has 0 aliphatic carbocycles. The van der Waals surface area contributed by atoms with E-state index in [1.807, 2.05) is 24.3 Å². The van der Waals surface area contributed by atoms with Gasteiger partial charge in [-0.15, -0.1) is 0 Å². The minimum atomic E-state index is -0.455. The molecule has 0 unspecified atom stereocenters. The maximum absolute atomic E-state index is 12.1. The first-order valence-corrected chi connectivity index (χ1v) is 8.54. The Morgan fingerprint density at radius 2 is 1.63 bits per heavy atom. The maximum Gasteiger partial charge on any atom is 0.338 e. The molecular weight excluding hydrogens is 344 g/mol. The van der Waals surface area contributed by atoms with Crippen LogP contribution in [-0.2, 0) is 16.0 Å². The van der Waals surface area contributed by atoms with E-state index in [9.17, 15) is 9.59 Å². The van der Waals surface area contributed by atoms with Crippen molar-refractivity contribution in [3.05, 3.63) is 85.0 Å². The highest BCUT2D eigenvalue weighted by Gasteiger charge is 2.10. The van der Waals surface area contributed by atoms with Crippen molar-refractivity contribution in [2.24, 2.45) is 0 Å². The molecule has 0 bridgehead atoms. The van der Waals surface area contributed by atoms with Crippen molar-refractivity contribution in [2.75, 3.05) is 13.2 Å². The average molecular weight is 366 g/mol. The predicted molar refractivity (Wildman–Crippen MR) is 103 cm³/mol. The lowest BCUT2D eigenvalue weighted by atomic mass is 10.1. The summed E-state index contributed by atoms with van der Waals surface area (Å²) < 4.78 is 15.8. The molecule has 0 aromatic heterocycles. The SMILES string of the molecule is C=CCOC(=O)c1ccc(OC(=O)CCc2ccccc2OCC=C)cc1. The Bertz CT molecular complexity index is 793. The summed E-state index contributed by atoms with van der Waals surface area (Å²) in [6.07, 6.45) is 3.87. The summed E-state index contributed by atoms with van der Waals surface area (Å²) in [5.74, 6) is 0.281. The van der Waals surface area contributed by atoms with Gasteiger partial charge in [-0.1, -0.05) is 43.5 Å². The molecule has 0 heterocycles. The Kier molecular flexibility index (Phi) is 7.85. The van der Waals surface area contributed by atoms with Gasteiger partial charge in [0.15, 0.2) is 0 Å². The molecule has 2 aromatic carbocycles. The molecule has 0 atom stereocenters. The van der Waals surface area contributed by atoms with E-state index < -0.39 is 5.97 Å². The van der Waals surface area contributed by atoms with Crippen LogP contribution in [0.1, 0.15) is 22.3 Å². The second kappa shape index (κ2) is 10.6. The lowest BCUT2D eigenvalue weighted by molar-refractivity contribution is -0.134. The number of carbonyl (C=O) groups excluding carboxylic acids is 2. The summed E-state index contributed by atoms with van der Waals surface area (Å²) in [7, 11) is 0. The standard InChI is InChI=1S/C22H22O5/c1-3-15-25-20-8-6-5-7-17(20)11-14-21(23)27-19-12-9-18(10-13-19)22(24)26-16-4-2/h3-10,12-13H,1-2,11,14-16H2. The topological polar surface area (TPSA) is 61.8 Å². The van der Waals surface area contributed by atoms with Crippen molar-refractivity contribution in [1.29, 1.82) is 0 Å². The van der Waals surface area contributed by atoms with E-state index in [0.717, 1.165) is 11.3 Å². The Hall–Kier alpha value is -3.34. The molecule has 2 rings (SSSR count). The van der Waals surface area contributed by atoms with E-state index in [1.165, 1.54) is 6.08 Å². The summed E-state index contributed by atoms with van der Waals surface area (Å²) in [5, 5.41) is 0. The first kappa shape index (κ1) is 20.0. The molecule has 5 heteroatoms. The fourth-order valence-corrected chi connectivity index (χ4v) is 2.30. The van der Waals surface area contributed by atoms with Crippen molar-refractivity contribution < 1.29 is 23.8 Å². The van der Waals surface area contributed by atoms with Crippen molar-refractivity contribution in [1.82, 2.24) is 0 Å². The van der Waals surface area contributed by atoms with Gasteiger partial charge in [-0.05, 0) is 42.3 Å². The van der Waals surface area contributed by atoms with Crippen LogP contribution in [0.5, 0.6) is 11.5 Å². The monoisotopic (exact) mass is 366 g/mol. The zero-order valence-electron chi connectivity index (χ0n) is 15.1. The maximum atomic E-state index is 12.1. The molecule has 0 saturated carbocycles. The number of rotatable bonds is 10. The molecule has 0 aliphatic heterocycles. The first-order chi connectivity index (χ1) is 13.1. The van der Waals surface area contributed by atoms with Crippen LogP contribution in [0.15, 0.2) is 73.8 Å². The third-order valence-corrected chi connectivity index (χ3v) is 3.58. The number of para-hydroxylation sites is 1. The highest BCUT2D eigenvalue weighted by molar-refractivity contribution is 5.89. The van der Waals surface area contributed by atoms with Gasteiger partial charge in [-0.3, -0.25) is 4.79 Å². The van der Waals surface area contributed by atoms with Crippen LogP contribution < -0.4 is 9.47 Å². The Morgan fingerprint density at radius 1 is 0.926 bits per heavy atom. The lowest BCUT2D eigenvalue weighted by Crippen LogP contribution is -2.10. The molecule has 140 valence electrons. The number of hydrogen-bond donors (Lipinski definition) is 0. The van der Waals surface area contributed by atoms with Crippen LogP contribution in [0, 0.1) is 0 Å². The normalized spacial score (nSPS) is 9.93. The number of hydrogen-bond acceptors (Lipinski definition) is 5. The third-order valence-electron chi connectivity index (χ3n) is 3.58. The van der Waals surface area contributed by atoms with E-state index in [2.05, 4.69) is 13.2 Å². The van der Waals surface area contributed by atoms with Crippen molar-refractivity contribution in [2.45, 2.75) is 12.8 Å². The molecule has 0 radical (unpaired) electrons. The van der Waals surface area contributed by atoms with Crippen LogP contribution in [0.4, 0.5) is 0 Å². The molecule has 27 heavy (non-hydrogen) atoms. The number of aryl methyl sites for hydroxylation is 1. The number of carbonyl (C=O) groups is 2. The first-order valence-electron chi connectivity index (χ1n) is 8.54. The summed E-state index contributed by atoms with van der Waals surface area (Å²) in [4.78, 5) is 23.8. The number of benzene rings is 2. The van der Waals surface area contributed by atoms with Crippen LogP contribution in [0.25, 0.3) is 0 Å². The van der Waals surface area contributed by atoms with E-state index in [4.69, 9.17) is 14.2 Å². The van der Waals surface area contributed by atoms with Crippen molar-refractivity contribution in [3.63, 3.8) is 0 Å². The fourth-order valence-electron chi connectivity index (χ4n) is 2.30. The summed E-state index contributed by atoms with van der Waals surface area (Å²) in [6, 6.07) is 13.8. The van der Waals surface area contributed by atoms with Crippen LogP contribution in [0.2, 0.25) is 0 Å². The molecule has 5 nitrogen and oxygen atoms in total. The quantitative estimate of drug-likeness (QED) is 0.359. The van der Waals surface area contributed by atoms with Gasteiger partial charge < -0.3 is 14.2 Å². The summed E-state index contributed by atoms with van der Waals surface area (Å²) in [5.41, 5.74) is 1.31. The van der Waals surface area contributed by atoms with E-state index >= 15 is 0 Å². The van der Waals surface area contributed by atoms with Gasteiger partial charge in [0, 0.05) is 0 Å². The van der Waals surface area contributed by atoms with Crippen LogP contribution >= 0.6 is 0 Å². The van der Waals surface area contributed by atoms with Crippen LogP contribution in [-0.4, -0.2) is 25.2 Å². The van der Waals surface area contributed by atoms with Crippen LogP contribution in [0.3, 0.4) is 0 Å². The van der Waals surface area contributed by atoms with Crippen molar-refractivity contribution >= 4 is 11.9 Å². The smallest absolute Gasteiger partial charge is 0.338 e. The zero-order valence-corrected chi connectivity index (χ0v) is 15.1. The number of ether oxygens (including phenoxy) is 3. The van der Waals surface area contributed by atoms with E-state index in [0.29, 0.717) is 24.3 Å². The molecular formula is C22H22O5. The minimum Gasteiger partial charge on any atom is -0.489 e. The van der Waals surface area contributed by atoms with E-state index in [-0.39, 0.29) is 19.0 Å². The Morgan fingerprint density at radius 3 is 2.33 bits per heavy atom.